The van der Waals surface area contributed by atoms with Crippen LogP contribution in [-0.2, 0) is 9.59 Å². The monoisotopic (exact) mass is 410 g/mol. The van der Waals surface area contributed by atoms with Crippen LogP contribution in [-0.4, -0.2) is 27.9 Å². The number of amides is 1. The SMILES string of the molecule is C=CC1=C(C=C)C(O)/C(=c2/[nH]/c(=C(\C)C(=O)Nc3ccccc3)c3ccccc23)C1=O. The van der Waals surface area contributed by atoms with Gasteiger partial charge in [0, 0.05) is 27.6 Å². The van der Waals surface area contributed by atoms with E-state index >= 15 is 0 Å². The third-order valence-corrected chi connectivity index (χ3v) is 5.52. The summed E-state index contributed by atoms with van der Waals surface area (Å²) in [5, 5.41) is 16.4. The number of hydrogen-bond acceptors (Lipinski definition) is 3. The quantitative estimate of drug-likeness (QED) is 0.619. The molecule has 0 aliphatic heterocycles. The van der Waals surface area contributed by atoms with E-state index in [1.54, 1.807) is 6.92 Å². The molecule has 5 heteroatoms. The molecule has 0 radical (unpaired) electrons. The first-order valence-corrected chi connectivity index (χ1v) is 9.88. The first-order valence-electron chi connectivity index (χ1n) is 9.88. The van der Waals surface area contributed by atoms with Gasteiger partial charge in [0.15, 0.2) is 5.78 Å². The molecule has 0 saturated carbocycles. The smallest absolute Gasteiger partial charge is 0.253 e. The van der Waals surface area contributed by atoms with Crippen LogP contribution < -0.4 is 16.0 Å². The number of fused-ring (bicyclic) bond motifs is 1. The maximum Gasteiger partial charge on any atom is 0.253 e. The van der Waals surface area contributed by atoms with E-state index in [9.17, 15) is 14.7 Å². The summed E-state index contributed by atoms with van der Waals surface area (Å²) in [7, 11) is 0. The molecular weight excluding hydrogens is 388 g/mol. The molecule has 1 aromatic heterocycles. The van der Waals surface area contributed by atoms with Gasteiger partial charge in [-0.3, -0.25) is 9.59 Å². The molecular formula is C26H22N2O3. The van der Waals surface area contributed by atoms with Gasteiger partial charge in [0.05, 0.1) is 16.3 Å². The van der Waals surface area contributed by atoms with E-state index in [2.05, 4.69) is 23.5 Å². The Hall–Kier alpha value is -3.96. The number of benzene rings is 2. The molecule has 4 rings (SSSR count). The summed E-state index contributed by atoms with van der Waals surface area (Å²) in [6, 6.07) is 16.7. The van der Waals surface area contributed by atoms with Gasteiger partial charge in [-0.2, -0.15) is 0 Å². The lowest BCUT2D eigenvalue weighted by Gasteiger charge is -2.05. The first kappa shape index (κ1) is 20.3. The molecule has 1 amide bonds. The standard InChI is InChI=1S/C26H22N2O3/c1-4-17-18(5-2)25(30)21(24(17)29)23-20-14-10-9-13-19(20)22(28-23)15(3)26(31)27-16-11-7-6-8-12-16/h4-14,24,28-29H,1-2H2,3H3,(H,27,31)/b22-15+,23-21-. The zero-order chi connectivity index (χ0) is 22.1. The topological polar surface area (TPSA) is 82.2 Å². The highest BCUT2D eigenvalue weighted by atomic mass is 16.3. The Kier molecular flexibility index (Phi) is 5.28. The first-order chi connectivity index (χ1) is 15.0. The molecule has 0 bridgehead atoms. The second-order valence-corrected chi connectivity index (χ2v) is 7.29. The second-order valence-electron chi connectivity index (χ2n) is 7.29. The average Bonchev–Trinajstić information content (AvgIpc) is 3.27. The number of rotatable bonds is 4. The number of hydrogen-bond donors (Lipinski definition) is 3. The number of anilines is 1. The van der Waals surface area contributed by atoms with Crippen molar-refractivity contribution in [2.75, 3.05) is 5.32 Å². The number of carbonyl (C=O) groups excluding carboxylic acids is 2. The fourth-order valence-electron chi connectivity index (χ4n) is 3.93. The van der Waals surface area contributed by atoms with Gasteiger partial charge < -0.3 is 15.4 Å². The number of ketones is 1. The van der Waals surface area contributed by atoms with Crippen LogP contribution in [0.1, 0.15) is 6.92 Å². The van der Waals surface area contributed by atoms with E-state index in [4.69, 9.17) is 0 Å². The van der Waals surface area contributed by atoms with Crippen molar-refractivity contribution in [3.8, 4) is 0 Å². The number of nitrogens with one attached hydrogen (secondary N) is 2. The van der Waals surface area contributed by atoms with Crippen LogP contribution in [0.25, 0.3) is 21.9 Å². The van der Waals surface area contributed by atoms with Crippen molar-refractivity contribution in [3.05, 3.63) is 102 Å². The average molecular weight is 410 g/mol. The molecule has 1 atom stereocenters. The summed E-state index contributed by atoms with van der Waals surface area (Å²) in [6.45, 7) is 9.13. The van der Waals surface area contributed by atoms with Crippen LogP contribution in [0.2, 0.25) is 0 Å². The van der Waals surface area contributed by atoms with Crippen molar-refractivity contribution < 1.29 is 14.7 Å². The highest BCUT2D eigenvalue weighted by molar-refractivity contribution is 6.31. The van der Waals surface area contributed by atoms with Gasteiger partial charge in [0.25, 0.3) is 5.91 Å². The molecule has 1 unspecified atom stereocenters. The summed E-state index contributed by atoms with van der Waals surface area (Å²) in [6.07, 6.45) is 1.79. The van der Waals surface area contributed by atoms with Crippen LogP contribution in [0.4, 0.5) is 5.69 Å². The Morgan fingerprint density at radius 3 is 2.29 bits per heavy atom. The van der Waals surface area contributed by atoms with Gasteiger partial charge in [-0.05, 0) is 24.6 Å². The van der Waals surface area contributed by atoms with E-state index in [1.807, 2.05) is 54.6 Å². The second kappa shape index (κ2) is 8.05. The fraction of sp³-hybridized carbons (Fsp3) is 0.0769. The third-order valence-electron chi connectivity index (χ3n) is 5.52. The maximum absolute atomic E-state index is 13.0. The largest absolute Gasteiger partial charge is 0.383 e. The summed E-state index contributed by atoms with van der Waals surface area (Å²) in [5.74, 6) is -0.563. The van der Waals surface area contributed by atoms with Gasteiger partial charge >= 0.3 is 0 Å². The van der Waals surface area contributed by atoms with Crippen LogP contribution in [0, 0.1) is 0 Å². The number of para-hydroxylation sites is 1. The van der Waals surface area contributed by atoms with E-state index in [-0.39, 0.29) is 17.3 Å². The number of aliphatic hydroxyl groups is 1. The van der Waals surface area contributed by atoms with Crippen LogP contribution in [0.3, 0.4) is 0 Å². The summed E-state index contributed by atoms with van der Waals surface area (Å²) in [4.78, 5) is 29.2. The Bertz CT molecular complexity index is 1390. The molecule has 0 fully saturated rings. The Balaban J connectivity index is 1.96. The van der Waals surface area contributed by atoms with Gasteiger partial charge in [-0.25, -0.2) is 0 Å². The van der Waals surface area contributed by atoms with Gasteiger partial charge in [-0.15, -0.1) is 0 Å². The predicted octanol–water partition coefficient (Wildman–Crippen LogP) is 2.74. The lowest BCUT2D eigenvalue weighted by Crippen LogP contribution is -2.25. The zero-order valence-electron chi connectivity index (χ0n) is 17.1. The van der Waals surface area contributed by atoms with Gasteiger partial charge in [-0.1, -0.05) is 67.8 Å². The van der Waals surface area contributed by atoms with Crippen LogP contribution in [0.5, 0.6) is 0 Å². The predicted molar refractivity (Wildman–Crippen MR) is 124 cm³/mol. The summed E-state index contributed by atoms with van der Waals surface area (Å²) in [5.41, 5.74) is 2.14. The molecule has 1 heterocycles. The third kappa shape index (κ3) is 3.35. The number of H-pyrrole nitrogens is 1. The van der Waals surface area contributed by atoms with Crippen molar-refractivity contribution in [2.45, 2.75) is 13.0 Å². The Morgan fingerprint density at radius 1 is 1.03 bits per heavy atom. The highest BCUT2D eigenvalue weighted by Gasteiger charge is 2.34. The number of carbonyl (C=O) groups is 2. The van der Waals surface area contributed by atoms with Gasteiger partial charge in [0.1, 0.15) is 6.10 Å². The van der Waals surface area contributed by atoms with Crippen molar-refractivity contribution in [1.82, 2.24) is 4.98 Å². The van der Waals surface area contributed by atoms with Crippen molar-refractivity contribution in [3.63, 3.8) is 0 Å². The molecule has 1 aliphatic rings. The molecule has 1 aliphatic carbocycles. The lowest BCUT2D eigenvalue weighted by atomic mass is 10.1. The molecule has 2 aromatic carbocycles. The number of aliphatic hydroxyl groups excluding tert-OH is 1. The minimum absolute atomic E-state index is 0.225. The van der Waals surface area contributed by atoms with Crippen LogP contribution in [0.15, 0.2) is 91.1 Å². The van der Waals surface area contributed by atoms with Crippen molar-refractivity contribution >= 4 is 39.3 Å². The summed E-state index contributed by atoms with van der Waals surface area (Å²) >= 11 is 0. The molecule has 31 heavy (non-hydrogen) atoms. The lowest BCUT2D eigenvalue weighted by molar-refractivity contribution is -0.111. The minimum atomic E-state index is -1.12. The van der Waals surface area contributed by atoms with E-state index < -0.39 is 6.10 Å². The molecule has 5 nitrogen and oxygen atoms in total. The highest BCUT2D eigenvalue weighted by Crippen LogP contribution is 2.30. The number of aromatic amines is 1. The zero-order valence-corrected chi connectivity index (χ0v) is 17.1. The number of Topliss-reactive ketones (excluding diaryl/α,β-unsaturated/α-hetero) is 1. The number of aromatic nitrogens is 1. The van der Waals surface area contributed by atoms with E-state index in [1.165, 1.54) is 12.2 Å². The van der Waals surface area contributed by atoms with Crippen LogP contribution >= 0.6 is 0 Å². The van der Waals surface area contributed by atoms with E-state index in [0.29, 0.717) is 33.1 Å². The van der Waals surface area contributed by atoms with Gasteiger partial charge in [0.2, 0.25) is 0 Å². The maximum atomic E-state index is 13.0. The van der Waals surface area contributed by atoms with Crippen molar-refractivity contribution in [1.29, 1.82) is 0 Å². The Morgan fingerprint density at radius 2 is 1.68 bits per heavy atom. The fourth-order valence-corrected chi connectivity index (χ4v) is 3.93. The molecule has 0 spiro atoms. The van der Waals surface area contributed by atoms with Crippen molar-refractivity contribution in [2.24, 2.45) is 0 Å². The normalized spacial score (nSPS) is 18.9. The number of allylic oxidation sites excluding steroid dienone is 2. The molecule has 3 aromatic rings. The molecule has 154 valence electrons. The van der Waals surface area contributed by atoms with E-state index in [0.717, 1.165) is 10.8 Å². The Labute approximate surface area is 179 Å². The molecule has 3 N–H and O–H groups in total. The molecule has 0 saturated heterocycles. The minimum Gasteiger partial charge on any atom is -0.383 e. The summed E-state index contributed by atoms with van der Waals surface area (Å²) < 4.78 is 0.